The van der Waals surface area contributed by atoms with Gasteiger partial charge in [-0.05, 0) is 30.3 Å². The van der Waals surface area contributed by atoms with Crippen LogP contribution in [0.25, 0.3) is 0 Å². The highest BCUT2D eigenvalue weighted by Gasteiger charge is 2.20. The molecule has 2 aromatic rings. The van der Waals surface area contributed by atoms with Crippen molar-refractivity contribution in [1.82, 2.24) is 0 Å². The van der Waals surface area contributed by atoms with Crippen molar-refractivity contribution in [2.45, 2.75) is 4.90 Å². The molecule has 8 nitrogen and oxygen atoms in total. The molecule has 0 aliphatic carbocycles. The van der Waals surface area contributed by atoms with Gasteiger partial charge in [-0.15, -0.1) is 0 Å². The molecular weight excluding hydrogens is 404 g/mol. The van der Waals surface area contributed by atoms with Crippen LogP contribution in [0.4, 0.5) is 11.4 Å². The Hall–Kier alpha value is -2.17. The van der Waals surface area contributed by atoms with Crippen molar-refractivity contribution in [2.24, 2.45) is 0 Å². The highest BCUT2D eigenvalue weighted by Crippen LogP contribution is 2.33. The molecule has 0 spiro atoms. The summed E-state index contributed by atoms with van der Waals surface area (Å²) in [4.78, 5) is -0.00351. The Bertz CT molecular complexity index is 1050. The van der Waals surface area contributed by atoms with Gasteiger partial charge in [0.25, 0.3) is 10.0 Å². The number of fused-ring (bicyclic) bond motifs is 1. The van der Waals surface area contributed by atoms with Gasteiger partial charge in [-0.3, -0.25) is 9.44 Å². The van der Waals surface area contributed by atoms with Gasteiger partial charge in [0.15, 0.2) is 11.5 Å². The van der Waals surface area contributed by atoms with E-state index < -0.39 is 20.0 Å². The lowest BCUT2D eigenvalue weighted by Crippen LogP contribution is -2.17. The molecule has 0 amide bonds. The zero-order valence-electron chi connectivity index (χ0n) is 13.5. The Balaban J connectivity index is 1.84. The number of anilines is 2. The Morgan fingerprint density at radius 3 is 2.27 bits per heavy atom. The van der Waals surface area contributed by atoms with Crippen LogP contribution < -0.4 is 18.9 Å². The van der Waals surface area contributed by atoms with Gasteiger partial charge >= 0.3 is 0 Å². The van der Waals surface area contributed by atoms with Crippen molar-refractivity contribution >= 4 is 43.0 Å². The molecule has 0 fully saturated rings. The minimum absolute atomic E-state index is 0.00351. The van der Waals surface area contributed by atoms with Gasteiger partial charge in [0.1, 0.15) is 13.2 Å². The number of nitrogens with one attached hydrogen (secondary N) is 2. The summed E-state index contributed by atoms with van der Waals surface area (Å²) >= 11 is 6.01. The Morgan fingerprint density at radius 1 is 0.923 bits per heavy atom. The summed E-state index contributed by atoms with van der Waals surface area (Å²) in [6.07, 6.45) is 0.988. The second-order valence-electron chi connectivity index (χ2n) is 5.48. The number of halogens is 1. The Morgan fingerprint density at radius 2 is 1.62 bits per heavy atom. The normalized spacial score (nSPS) is 13.9. The minimum Gasteiger partial charge on any atom is -0.486 e. The van der Waals surface area contributed by atoms with E-state index in [1.165, 1.54) is 36.4 Å². The fraction of sp³-hybridized carbons (Fsp3) is 0.200. The predicted octanol–water partition coefficient (Wildman–Crippen LogP) is 2.28. The smallest absolute Gasteiger partial charge is 0.262 e. The quantitative estimate of drug-likeness (QED) is 0.770. The molecule has 0 saturated heterocycles. The first-order valence-corrected chi connectivity index (χ1v) is 11.1. The van der Waals surface area contributed by atoms with Crippen LogP contribution in [-0.2, 0) is 20.0 Å². The molecule has 3 rings (SSSR count). The monoisotopic (exact) mass is 418 g/mol. The van der Waals surface area contributed by atoms with E-state index in [4.69, 9.17) is 21.1 Å². The van der Waals surface area contributed by atoms with Gasteiger partial charge in [0, 0.05) is 6.07 Å². The molecule has 0 bridgehead atoms. The third kappa shape index (κ3) is 4.32. The van der Waals surface area contributed by atoms with Gasteiger partial charge in [0.05, 0.1) is 27.5 Å². The first-order chi connectivity index (χ1) is 12.1. The highest BCUT2D eigenvalue weighted by molar-refractivity contribution is 7.92. The zero-order chi connectivity index (χ0) is 18.9. The van der Waals surface area contributed by atoms with Crippen LogP contribution in [0.5, 0.6) is 11.5 Å². The van der Waals surface area contributed by atoms with E-state index in [2.05, 4.69) is 9.44 Å². The zero-order valence-corrected chi connectivity index (χ0v) is 15.9. The molecule has 0 saturated carbocycles. The summed E-state index contributed by atoms with van der Waals surface area (Å²) < 4.78 is 63.0. The van der Waals surface area contributed by atoms with Crippen LogP contribution in [0.2, 0.25) is 5.02 Å². The third-order valence-corrected chi connectivity index (χ3v) is 5.62. The molecule has 0 unspecified atom stereocenters. The average molecular weight is 419 g/mol. The fourth-order valence-corrected chi connectivity index (χ4v) is 4.19. The van der Waals surface area contributed by atoms with E-state index in [9.17, 15) is 16.8 Å². The maximum absolute atomic E-state index is 12.6. The molecule has 2 aromatic carbocycles. The Labute approximate surface area is 156 Å². The maximum atomic E-state index is 12.6. The van der Waals surface area contributed by atoms with Crippen LogP contribution in [0.15, 0.2) is 41.3 Å². The summed E-state index contributed by atoms with van der Waals surface area (Å²) in [7, 11) is -7.39. The number of hydrogen-bond acceptors (Lipinski definition) is 6. The number of benzene rings is 2. The molecule has 11 heteroatoms. The first-order valence-electron chi connectivity index (χ1n) is 7.34. The van der Waals surface area contributed by atoms with E-state index in [1.54, 1.807) is 0 Å². The van der Waals surface area contributed by atoms with Gasteiger partial charge in [0.2, 0.25) is 10.0 Å². The molecule has 0 radical (unpaired) electrons. The van der Waals surface area contributed by atoms with E-state index in [0.717, 1.165) is 6.26 Å². The third-order valence-electron chi connectivity index (χ3n) is 3.34. The first kappa shape index (κ1) is 18.6. The number of hydrogen-bond donors (Lipinski definition) is 2. The van der Waals surface area contributed by atoms with E-state index in [-0.39, 0.29) is 21.3 Å². The summed E-state index contributed by atoms with van der Waals surface area (Å²) in [5, 5.41) is 0.0535. The second kappa shape index (κ2) is 6.86. The SMILES string of the molecule is CS(=O)(=O)Nc1ccc(NS(=O)(=O)c2ccc3c(c2)OCCO3)cc1Cl. The summed E-state index contributed by atoms with van der Waals surface area (Å²) in [5.41, 5.74) is 0.334. The molecule has 1 aliphatic heterocycles. The average Bonchev–Trinajstić information content (AvgIpc) is 2.55. The molecule has 1 aliphatic rings. The standard InChI is InChI=1S/C15H15ClN2O6S2/c1-25(19,20)18-13-4-2-10(8-12(13)16)17-26(21,22)11-3-5-14-15(9-11)24-7-6-23-14/h2-5,8-9,17-18H,6-7H2,1H3. The van der Waals surface area contributed by atoms with Crippen molar-refractivity contribution in [3.05, 3.63) is 41.4 Å². The molecule has 0 atom stereocenters. The lowest BCUT2D eigenvalue weighted by atomic mass is 10.3. The molecular formula is C15H15ClN2O6S2. The fourth-order valence-electron chi connectivity index (χ4n) is 2.27. The highest BCUT2D eigenvalue weighted by atomic mass is 35.5. The van der Waals surface area contributed by atoms with E-state index >= 15 is 0 Å². The van der Waals surface area contributed by atoms with E-state index in [1.807, 2.05) is 0 Å². The lowest BCUT2D eigenvalue weighted by molar-refractivity contribution is 0.171. The van der Waals surface area contributed by atoms with Crippen LogP contribution in [0.3, 0.4) is 0 Å². The second-order valence-corrected chi connectivity index (χ2v) is 9.32. The van der Waals surface area contributed by atoms with Crippen LogP contribution in [0.1, 0.15) is 0 Å². The van der Waals surface area contributed by atoms with Crippen LogP contribution >= 0.6 is 11.6 Å². The minimum atomic E-state index is -3.89. The van der Waals surface area contributed by atoms with Crippen LogP contribution in [-0.4, -0.2) is 36.3 Å². The largest absolute Gasteiger partial charge is 0.486 e. The Kier molecular flexibility index (Phi) is 4.91. The summed E-state index contributed by atoms with van der Waals surface area (Å²) in [6.45, 7) is 0.748. The number of rotatable bonds is 5. The summed E-state index contributed by atoms with van der Waals surface area (Å²) in [5.74, 6) is 0.833. The van der Waals surface area contributed by atoms with Crippen molar-refractivity contribution in [3.8, 4) is 11.5 Å². The van der Waals surface area contributed by atoms with E-state index in [0.29, 0.717) is 24.7 Å². The topological polar surface area (TPSA) is 111 Å². The molecule has 1 heterocycles. The van der Waals surface area contributed by atoms with Gasteiger partial charge in [-0.1, -0.05) is 11.6 Å². The van der Waals surface area contributed by atoms with Gasteiger partial charge in [-0.25, -0.2) is 16.8 Å². The van der Waals surface area contributed by atoms with Crippen molar-refractivity contribution in [2.75, 3.05) is 28.9 Å². The van der Waals surface area contributed by atoms with Crippen molar-refractivity contribution in [3.63, 3.8) is 0 Å². The molecule has 26 heavy (non-hydrogen) atoms. The molecule has 140 valence electrons. The number of ether oxygens (including phenoxy) is 2. The lowest BCUT2D eigenvalue weighted by Gasteiger charge is -2.19. The van der Waals surface area contributed by atoms with Crippen molar-refractivity contribution < 1.29 is 26.3 Å². The van der Waals surface area contributed by atoms with Crippen LogP contribution in [0, 0.1) is 0 Å². The molecule has 0 aromatic heterocycles. The van der Waals surface area contributed by atoms with Gasteiger partial charge in [-0.2, -0.15) is 0 Å². The maximum Gasteiger partial charge on any atom is 0.262 e. The number of sulfonamides is 2. The van der Waals surface area contributed by atoms with Crippen molar-refractivity contribution in [1.29, 1.82) is 0 Å². The summed E-state index contributed by atoms with van der Waals surface area (Å²) in [6, 6.07) is 8.37. The predicted molar refractivity (Wildman–Crippen MR) is 98.2 cm³/mol. The van der Waals surface area contributed by atoms with Gasteiger partial charge < -0.3 is 9.47 Å². The molecule has 2 N–H and O–H groups in total.